The smallest absolute Gasteiger partial charge is 0.227 e. The van der Waals surface area contributed by atoms with E-state index in [1.165, 1.54) is 6.07 Å². The molecule has 4 rings (SSSR count). The first-order valence-corrected chi connectivity index (χ1v) is 11.7. The lowest BCUT2D eigenvalue weighted by molar-refractivity contribution is -0.122. The number of imidazole rings is 1. The van der Waals surface area contributed by atoms with E-state index in [1.807, 2.05) is 16.7 Å². The molecule has 2 aromatic heterocycles. The Balaban J connectivity index is 1.46. The van der Waals surface area contributed by atoms with Crippen molar-refractivity contribution in [1.82, 2.24) is 14.9 Å². The van der Waals surface area contributed by atoms with Gasteiger partial charge in [0.15, 0.2) is 5.76 Å². The first-order valence-electron chi connectivity index (χ1n) is 10.2. The number of nitrogens with zero attached hydrogens (tertiary/aromatic N) is 2. The zero-order chi connectivity index (χ0) is 22.0. The Kier molecular flexibility index (Phi) is 6.29. The number of aryl methyl sites for hydroxylation is 1. The van der Waals surface area contributed by atoms with Crippen molar-refractivity contribution in [3.63, 3.8) is 0 Å². The molecule has 1 saturated heterocycles. The van der Waals surface area contributed by atoms with Crippen molar-refractivity contribution >= 4 is 40.3 Å². The van der Waals surface area contributed by atoms with Crippen molar-refractivity contribution in [2.75, 3.05) is 18.1 Å². The number of thioether (sulfide) groups is 1. The summed E-state index contributed by atoms with van der Waals surface area (Å²) in [6, 6.07) is 6.79. The summed E-state index contributed by atoms with van der Waals surface area (Å²) in [4.78, 5) is 29.3. The van der Waals surface area contributed by atoms with Gasteiger partial charge < -0.3 is 19.4 Å². The second-order valence-corrected chi connectivity index (χ2v) is 9.55. The van der Waals surface area contributed by atoms with Gasteiger partial charge in [-0.05, 0) is 49.5 Å². The van der Waals surface area contributed by atoms with Gasteiger partial charge in [0, 0.05) is 36.0 Å². The predicted molar refractivity (Wildman–Crippen MR) is 122 cm³/mol. The minimum Gasteiger partial charge on any atom is -0.502 e. The maximum absolute atomic E-state index is 12.8. The number of carbonyl (C=O) groups is 1. The molecule has 31 heavy (non-hydrogen) atoms. The molecule has 0 spiro atoms. The molecule has 0 radical (unpaired) electrons. The minimum absolute atomic E-state index is 0.136. The highest BCUT2D eigenvalue weighted by Gasteiger charge is 2.41. The summed E-state index contributed by atoms with van der Waals surface area (Å²) in [5.74, 6) is 1.84. The molecule has 3 aromatic rings. The first kappa shape index (κ1) is 21.8. The topological polar surface area (TPSA) is 97.4 Å². The van der Waals surface area contributed by atoms with Crippen LogP contribution in [-0.2, 0) is 16.8 Å². The number of fused-ring (bicyclic) bond motifs is 1. The summed E-state index contributed by atoms with van der Waals surface area (Å²) in [5.41, 5.74) is 0.612. The Morgan fingerprint density at radius 2 is 2.13 bits per heavy atom. The summed E-state index contributed by atoms with van der Waals surface area (Å²) in [6.45, 7) is 2.68. The number of hydrogen-bond acceptors (Lipinski definition) is 6. The van der Waals surface area contributed by atoms with Crippen molar-refractivity contribution in [3.05, 3.63) is 57.4 Å². The number of rotatable bonds is 6. The van der Waals surface area contributed by atoms with Crippen molar-refractivity contribution < 1.29 is 14.3 Å². The second kappa shape index (κ2) is 8.96. The van der Waals surface area contributed by atoms with E-state index in [2.05, 4.69) is 10.3 Å². The molecule has 3 heterocycles. The molecule has 0 bridgehead atoms. The maximum atomic E-state index is 12.8. The Labute approximate surface area is 188 Å². The van der Waals surface area contributed by atoms with E-state index in [1.54, 1.807) is 31.1 Å². The average Bonchev–Trinajstić information content (AvgIpc) is 3.13. The molecule has 7 nitrogen and oxygen atoms in total. The van der Waals surface area contributed by atoms with Gasteiger partial charge in [-0.3, -0.25) is 9.59 Å². The highest BCUT2D eigenvalue weighted by atomic mass is 35.5. The van der Waals surface area contributed by atoms with Crippen LogP contribution < -0.4 is 10.7 Å². The summed E-state index contributed by atoms with van der Waals surface area (Å²) in [5, 5.41) is 14.0. The highest BCUT2D eigenvalue weighted by molar-refractivity contribution is 7.99. The Morgan fingerprint density at radius 3 is 2.90 bits per heavy atom. The number of amides is 1. The van der Waals surface area contributed by atoms with Crippen LogP contribution in [-0.4, -0.2) is 38.6 Å². The van der Waals surface area contributed by atoms with Gasteiger partial charge in [0.05, 0.1) is 17.4 Å². The van der Waals surface area contributed by atoms with E-state index in [9.17, 15) is 14.7 Å². The van der Waals surface area contributed by atoms with Crippen molar-refractivity contribution in [1.29, 1.82) is 0 Å². The van der Waals surface area contributed by atoms with Crippen LogP contribution in [0.3, 0.4) is 0 Å². The number of aromatic hydroxyl groups is 1. The summed E-state index contributed by atoms with van der Waals surface area (Å²) in [7, 11) is 0. The molecule has 9 heteroatoms. The molecule has 164 valence electrons. The normalized spacial score (nSPS) is 15.8. The third kappa shape index (κ3) is 4.60. The Bertz CT molecular complexity index is 1170. The number of benzene rings is 1. The zero-order valence-corrected chi connectivity index (χ0v) is 18.8. The van der Waals surface area contributed by atoms with Gasteiger partial charge in [-0.25, -0.2) is 4.98 Å². The Morgan fingerprint density at radius 1 is 1.35 bits per heavy atom. The van der Waals surface area contributed by atoms with Crippen LogP contribution in [0.1, 0.15) is 30.8 Å². The SMILES string of the molecule is Cc1cc(=O)c(O)c(C2(CC(=O)NCCn3cnc4cc(Cl)ccc43)CCSCC2)o1. The van der Waals surface area contributed by atoms with Gasteiger partial charge in [-0.1, -0.05) is 11.6 Å². The molecule has 1 aromatic carbocycles. The van der Waals surface area contributed by atoms with E-state index in [4.69, 9.17) is 16.0 Å². The monoisotopic (exact) mass is 461 g/mol. The van der Waals surface area contributed by atoms with Gasteiger partial charge in [0.2, 0.25) is 17.1 Å². The maximum Gasteiger partial charge on any atom is 0.227 e. The van der Waals surface area contributed by atoms with Gasteiger partial charge in [-0.2, -0.15) is 11.8 Å². The predicted octanol–water partition coefficient (Wildman–Crippen LogP) is 3.63. The van der Waals surface area contributed by atoms with Gasteiger partial charge in [0.25, 0.3) is 0 Å². The zero-order valence-electron chi connectivity index (χ0n) is 17.2. The molecular weight excluding hydrogens is 438 g/mol. The van der Waals surface area contributed by atoms with Crippen molar-refractivity contribution in [2.24, 2.45) is 0 Å². The van der Waals surface area contributed by atoms with Gasteiger partial charge in [0.1, 0.15) is 5.76 Å². The van der Waals surface area contributed by atoms with Crippen molar-refractivity contribution in [2.45, 2.75) is 38.1 Å². The fraction of sp³-hybridized carbons (Fsp3) is 0.409. The third-order valence-corrected chi connectivity index (χ3v) is 6.96. The van der Waals surface area contributed by atoms with E-state index in [-0.39, 0.29) is 23.8 Å². The highest BCUT2D eigenvalue weighted by Crippen LogP contribution is 2.43. The quantitative estimate of drug-likeness (QED) is 0.581. The molecular formula is C22H24ClN3O4S. The van der Waals surface area contributed by atoms with Crippen LogP contribution in [0.15, 0.2) is 39.8 Å². The number of hydrogen-bond donors (Lipinski definition) is 2. The van der Waals surface area contributed by atoms with Crippen LogP contribution in [0.4, 0.5) is 0 Å². The molecule has 1 aliphatic heterocycles. The van der Waals surface area contributed by atoms with Crippen molar-refractivity contribution in [3.8, 4) is 5.75 Å². The lowest BCUT2D eigenvalue weighted by Crippen LogP contribution is -2.39. The van der Waals surface area contributed by atoms with Crippen LogP contribution in [0.25, 0.3) is 11.0 Å². The van der Waals surface area contributed by atoms with E-state index in [0.29, 0.717) is 36.7 Å². The van der Waals surface area contributed by atoms with E-state index >= 15 is 0 Å². The summed E-state index contributed by atoms with van der Waals surface area (Å²) < 4.78 is 7.75. The van der Waals surface area contributed by atoms with Crippen LogP contribution in [0, 0.1) is 6.92 Å². The molecule has 0 unspecified atom stereocenters. The lowest BCUT2D eigenvalue weighted by atomic mass is 9.75. The number of carbonyl (C=O) groups excluding carboxylic acids is 1. The minimum atomic E-state index is -0.678. The molecule has 0 atom stereocenters. The molecule has 1 aliphatic rings. The molecule has 2 N–H and O–H groups in total. The van der Waals surface area contributed by atoms with Gasteiger partial charge in [-0.15, -0.1) is 0 Å². The standard InChI is InChI=1S/C22H24ClN3O4S/c1-14-10-18(27)20(29)21(30-14)22(4-8-31-9-5-22)12-19(28)24-6-7-26-13-25-16-11-15(23)2-3-17(16)26/h2-3,10-11,13,29H,4-9,12H2,1H3,(H,24,28). The fourth-order valence-corrected chi connectivity index (χ4v) is 5.55. The first-order chi connectivity index (χ1) is 14.9. The second-order valence-electron chi connectivity index (χ2n) is 7.89. The fourth-order valence-electron chi connectivity index (χ4n) is 4.11. The van der Waals surface area contributed by atoms with Crippen LogP contribution in [0.2, 0.25) is 5.02 Å². The molecule has 0 aliphatic carbocycles. The molecule has 0 saturated carbocycles. The number of halogens is 1. The van der Waals surface area contributed by atoms with Crippen LogP contribution >= 0.6 is 23.4 Å². The molecule has 1 fully saturated rings. The van der Waals surface area contributed by atoms with Crippen LogP contribution in [0.5, 0.6) is 5.75 Å². The number of aromatic nitrogens is 2. The number of nitrogens with one attached hydrogen (secondary N) is 1. The van der Waals surface area contributed by atoms with E-state index in [0.717, 1.165) is 22.5 Å². The Hall–Kier alpha value is -2.45. The summed E-state index contributed by atoms with van der Waals surface area (Å²) in [6.07, 6.45) is 3.22. The third-order valence-electron chi connectivity index (χ3n) is 5.73. The van der Waals surface area contributed by atoms with Gasteiger partial charge >= 0.3 is 0 Å². The molecule has 1 amide bonds. The van der Waals surface area contributed by atoms with E-state index < -0.39 is 10.8 Å². The average molecular weight is 462 g/mol. The largest absolute Gasteiger partial charge is 0.502 e. The lowest BCUT2D eigenvalue weighted by Gasteiger charge is -2.35. The summed E-state index contributed by atoms with van der Waals surface area (Å²) >= 11 is 7.81.